The highest BCUT2D eigenvalue weighted by Crippen LogP contribution is 2.12. The van der Waals surface area contributed by atoms with Gasteiger partial charge in [-0.2, -0.15) is 0 Å². The van der Waals surface area contributed by atoms with E-state index in [-0.39, 0.29) is 5.75 Å². The van der Waals surface area contributed by atoms with E-state index in [4.69, 9.17) is 5.73 Å². The molecule has 1 aliphatic heterocycles. The van der Waals surface area contributed by atoms with E-state index in [0.29, 0.717) is 11.8 Å². The first kappa shape index (κ1) is 26.1. The van der Waals surface area contributed by atoms with Gasteiger partial charge in [0, 0.05) is 5.75 Å². The van der Waals surface area contributed by atoms with E-state index in [1.54, 1.807) is 0 Å². The van der Waals surface area contributed by atoms with Gasteiger partial charge in [0.2, 0.25) is 29.5 Å². The first-order chi connectivity index (χ1) is 14.5. The second-order valence-corrected chi connectivity index (χ2v) is 7.75. The lowest BCUT2D eigenvalue weighted by atomic mass is 10.1. The lowest BCUT2D eigenvalue weighted by Gasteiger charge is -2.22. The second kappa shape index (κ2) is 12.1. The molecule has 1 rings (SSSR count). The summed E-state index contributed by atoms with van der Waals surface area (Å²) in [7, 11) is 1.43. The first-order valence-corrected chi connectivity index (χ1v) is 10.2. The number of aliphatic hydroxyl groups excluding tert-OH is 1. The number of hydrogen-bond acceptors (Lipinski definition) is 9. The van der Waals surface area contributed by atoms with Gasteiger partial charge in [0.1, 0.15) is 18.1 Å². The summed E-state index contributed by atoms with van der Waals surface area (Å²) >= 11 is 0.687. The minimum atomic E-state index is -1.51. The fourth-order valence-electron chi connectivity index (χ4n) is 2.44. The molecule has 9 N–H and O–H groups in total. The van der Waals surface area contributed by atoms with Crippen molar-refractivity contribution in [3.8, 4) is 0 Å². The third kappa shape index (κ3) is 8.03. The Morgan fingerprint density at radius 1 is 1.03 bits per heavy atom. The first-order valence-electron chi connectivity index (χ1n) is 9.12. The zero-order valence-corrected chi connectivity index (χ0v) is 17.7. The van der Waals surface area contributed by atoms with Crippen molar-refractivity contribution in [1.82, 2.24) is 26.6 Å². The standard InChI is InChI=1S/C16H26N6O8S/c1-6-11(25)20-7(3-10(17)24)12(26)22-15(16(29)30)31-5-9(18-2)14(28)21-8(4-23)13(27)19-6/h6-9,15,18,23H,3-5H2,1-2H3,(H2,17,24)(H,19,27)(H,20,25)(H,21,28)(H,22,26)(H,29,30)/t6-,7-,8?,9-,15?/m0/s1. The Morgan fingerprint density at radius 3 is 2.13 bits per heavy atom. The molecule has 0 radical (unpaired) electrons. The summed E-state index contributed by atoms with van der Waals surface area (Å²) in [4.78, 5) is 72.5. The molecule has 1 heterocycles. The number of hydrogen-bond donors (Lipinski definition) is 8. The molecular formula is C16H26N6O8S. The summed E-state index contributed by atoms with van der Waals surface area (Å²) in [5.41, 5.74) is 5.11. The Kier molecular flexibility index (Phi) is 10.2. The molecule has 14 nitrogen and oxygen atoms in total. The Hall–Kier alpha value is -2.91. The molecule has 0 bridgehead atoms. The minimum Gasteiger partial charge on any atom is -0.479 e. The second-order valence-electron chi connectivity index (χ2n) is 6.61. The molecule has 1 saturated heterocycles. The van der Waals surface area contributed by atoms with Crippen LogP contribution < -0.4 is 32.3 Å². The Balaban J connectivity index is 3.25. The molecule has 1 aliphatic rings. The van der Waals surface area contributed by atoms with E-state index >= 15 is 0 Å². The molecule has 1 fully saturated rings. The number of carbonyl (C=O) groups is 6. The van der Waals surface area contributed by atoms with Gasteiger partial charge in [0.25, 0.3) is 0 Å². The highest BCUT2D eigenvalue weighted by Gasteiger charge is 2.33. The van der Waals surface area contributed by atoms with Crippen LogP contribution in [0, 0.1) is 0 Å². The number of primary amides is 1. The van der Waals surface area contributed by atoms with E-state index < -0.39 is 78.1 Å². The molecule has 0 saturated carbocycles. The number of rotatable bonds is 5. The Labute approximate surface area is 181 Å². The van der Waals surface area contributed by atoms with E-state index in [0.717, 1.165) is 0 Å². The number of carboxylic acid groups (broad SMARTS) is 1. The number of carboxylic acids is 1. The van der Waals surface area contributed by atoms with Crippen molar-refractivity contribution in [1.29, 1.82) is 0 Å². The summed E-state index contributed by atoms with van der Waals surface area (Å²) in [6.07, 6.45) is -0.617. The highest BCUT2D eigenvalue weighted by atomic mass is 32.2. The lowest BCUT2D eigenvalue weighted by molar-refractivity contribution is -0.140. The maximum Gasteiger partial charge on any atom is 0.336 e. The van der Waals surface area contributed by atoms with E-state index in [1.165, 1.54) is 14.0 Å². The van der Waals surface area contributed by atoms with Crippen LogP contribution in [-0.4, -0.2) is 94.7 Å². The maximum absolute atomic E-state index is 12.5. The van der Waals surface area contributed by atoms with Gasteiger partial charge in [-0.1, -0.05) is 0 Å². The van der Waals surface area contributed by atoms with Crippen molar-refractivity contribution >= 4 is 47.3 Å². The zero-order valence-electron chi connectivity index (χ0n) is 16.8. The number of nitrogens with two attached hydrogens (primary N) is 1. The zero-order chi connectivity index (χ0) is 23.7. The average molecular weight is 462 g/mol. The van der Waals surface area contributed by atoms with Crippen LogP contribution >= 0.6 is 11.8 Å². The molecule has 5 amide bonds. The maximum atomic E-state index is 12.5. The summed E-state index contributed by atoms with van der Waals surface area (Å²) < 4.78 is 0. The summed E-state index contributed by atoms with van der Waals surface area (Å²) in [6.45, 7) is 0.505. The summed E-state index contributed by atoms with van der Waals surface area (Å²) in [6, 6.07) is -5.08. The van der Waals surface area contributed by atoms with Crippen molar-refractivity contribution < 1.29 is 39.0 Å². The molecule has 0 aromatic rings. The number of nitrogens with one attached hydrogen (secondary N) is 5. The lowest BCUT2D eigenvalue weighted by Crippen LogP contribution is -2.58. The van der Waals surface area contributed by atoms with Crippen LogP contribution in [0.25, 0.3) is 0 Å². The molecule has 15 heteroatoms. The van der Waals surface area contributed by atoms with E-state index in [2.05, 4.69) is 26.6 Å². The number of carbonyl (C=O) groups excluding carboxylic acids is 5. The van der Waals surface area contributed by atoms with Crippen LogP contribution in [0.15, 0.2) is 0 Å². The van der Waals surface area contributed by atoms with Crippen LogP contribution in [0.5, 0.6) is 0 Å². The quantitative estimate of drug-likeness (QED) is 0.194. The molecule has 0 aliphatic carbocycles. The van der Waals surface area contributed by atoms with Gasteiger partial charge in [0.15, 0.2) is 5.37 Å². The van der Waals surface area contributed by atoms with Gasteiger partial charge in [-0.15, -0.1) is 11.8 Å². The SMILES string of the molecule is CN[C@H]1CSC(C(=O)O)NC(=O)[C@H](CC(N)=O)NC(=O)[C@H](C)NC(=O)C(CO)NC1=O. The number of amides is 5. The molecule has 5 atom stereocenters. The molecule has 2 unspecified atom stereocenters. The third-order valence-corrected chi connectivity index (χ3v) is 5.38. The number of aliphatic hydroxyl groups is 1. The predicted molar refractivity (Wildman–Crippen MR) is 107 cm³/mol. The van der Waals surface area contributed by atoms with Gasteiger partial charge >= 0.3 is 5.97 Å². The smallest absolute Gasteiger partial charge is 0.336 e. The number of likely N-dealkylation sites (N-methyl/N-ethyl adjacent to an activating group) is 1. The Morgan fingerprint density at radius 2 is 1.61 bits per heavy atom. The van der Waals surface area contributed by atoms with Gasteiger partial charge in [-0.3, -0.25) is 24.0 Å². The minimum absolute atomic E-state index is 0.136. The number of thioether (sulfide) groups is 1. The van der Waals surface area contributed by atoms with E-state index in [9.17, 15) is 39.0 Å². The molecule has 174 valence electrons. The van der Waals surface area contributed by atoms with Crippen molar-refractivity contribution in [3.63, 3.8) is 0 Å². The summed E-state index contributed by atoms with van der Waals surface area (Å²) in [5, 5.41) is 29.0. The van der Waals surface area contributed by atoms with Gasteiger partial charge in [-0.25, -0.2) is 4.79 Å². The fraction of sp³-hybridized carbons (Fsp3) is 0.625. The summed E-state index contributed by atoms with van der Waals surface area (Å²) in [5.74, 6) is -5.93. The predicted octanol–water partition coefficient (Wildman–Crippen LogP) is -4.81. The highest BCUT2D eigenvalue weighted by molar-refractivity contribution is 8.00. The molecule has 0 aromatic carbocycles. The monoisotopic (exact) mass is 462 g/mol. The van der Waals surface area contributed by atoms with Crippen LogP contribution in [-0.2, 0) is 28.8 Å². The Bertz CT molecular complexity index is 735. The van der Waals surface area contributed by atoms with Gasteiger partial charge in [0.05, 0.1) is 19.1 Å². The van der Waals surface area contributed by atoms with Crippen LogP contribution in [0.4, 0.5) is 0 Å². The topological polar surface area (TPSA) is 229 Å². The van der Waals surface area contributed by atoms with Crippen molar-refractivity contribution in [2.24, 2.45) is 5.73 Å². The largest absolute Gasteiger partial charge is 0.479 e. The van der Waals surface area contributed by atoms with Crippen LogP contribution in [0.2, 0.25) is 0 Å². The fourth-order valence-corrected chi connectivity index (χ4v) is 3.49. The van der Waals surface area contributed by atoms with Crippen molar-refractivity contribution in [3.05, 3.63) is 0 Å². The average Bonchev–Trinajstić information content (AvgIpc) is 2.69. The molecule has 0 aromatic heterocycles. The molecule has 0 spiro atoms. The molecule has 31 heavy (non-hydrogen) atoms. The van der Waals surface area contributed by atoms with E-state index in [1.807, 2.05) is 0 Å². The van der Waals surface area contributed by atoms with Crippen molar-refractivity contribution in [2.75, 3.05) is 19.4 Å². The van der Waals surface area contributed by atoms with Crippen LogP contribution in [0.1, 0.15) is 13.3 Å². The van der Waals surface area contributed by atoms with Gasteiger partial charge < -0.3 is 42.5 Å². The van der Waals surface area contributed by atoms with Gasteiger partial charge in [-0.05, 0) is 14.0 Å². The van der Waals surface area contributed by atoms with Crippen molar-refractivity contribution in [2.45, 2.75) is 42.9 Å². The third-order valence-electron chi connectivity index (χ3n) is 4.20. The normalized spacial score (nSPS) is 28.8. The molecular weight excluding hydrogens is 436 g/mol. The number of aliphatic carboxylic acids is 1. The van der Waals surface area contributed by atoms with Crippen LogP contribution in [0.3, 0.4) is 0 Å².